The molecule has 1 amide bonds. The zero-order chi connectivity index (χ0) is 53.3. The number of esters is 1. The zero-order valence-corrected chi connectivity index (χ0v) is 47.0. The van der Waals surface area contributed by atoms with Gasteiger partial charge in [-0.3, -0.25) is 9.59 Å². The lowest BCUT2D eigenvalue weighted by Gasteiger charge is -2.41. The number of hydrogen-bond acceptors (Lipinski definition) is 10. The van der Waals surface area contributed by atoms with Crippen molar-refractivity contribution in [1.82, 2.24) is 5.32 Å². The number of carbonyl (C=O) groups is 2. The third kappa shape index (κ3) is 38.8. The summed E-state index contributed by atoms with van der Waals surface area (Å²) >= 11 is 0. The van der Waals surface area contributed by atoms with Crippen molar-refractivity contribution in [3.05, 3.63) is 48.6 Å². The standard InChI is InChI=1S/C62H113NO10/c1-4-7-10-13-16-19-22-25-26-27-28-29-30-32-35-38-41-44-47-50-57(67)73-60-59(69)58(68)56(51-64)72-62(60)71-52-53(54(65)48-45-42-39-36-33-24-21-18-15-12-9-6-3)63-61(70)55(66)49-46-43-40-37-34-31-23-20-17-14-11-8-5-2/h8,11,17,20,31,34,45,48,53-56,58-60,62,64-66,68-69H,4-7,9-10,12-16,18-19,21-30,32-33,35-44,46-47,49-52H2,1-3H3,(H,63,70)/b11-8+,20-17+,34-31+,48-45+. The third-order valence-corrected chi connectivity index (χ3v) is 14.2. The van der Waals surface area contributed by atoms with Gasteiger partial charge in [0.2, 0.25) is 5.91 Å². The molecule has 0 aliphatic carbocycles. The molecule has 6 N–H and O–H groups in total. The largest absolute Gasteiger partial charge is 0.454 e. The Balaban J connectivity index is 2.68. The molecule has 1 saturated heterocycles. The van der Waals surface area contributed by atoms with Crippen LogP contribution in [0, 0.1) is 0 Å². The Morgan fingerprint density at radius 2 is 0.986 bits per heavy atom. The fraction of sp³-hybridized carbons (Fsp3) is 0.839. The van der Waals surface area contributed by atoms with Gasteiger partial charge in [-0.25, -0.2) is 0 Å². The van der Waals surface area contributed by atoms with E-state index in [-0.39, 0.29) is 19.4 Å². The maximum Gasteiger partial charge on any atom is 0.306 e. The van der Waals surface area contributed by atoms with Gasteiger partial charge in [-0.2, -0.15) is 0 Å². The second-order valence-electron chi connectivity index (χ2n) is 21.1. The van der Waals surface area contributed by atoms with Crippen LogP contribution in [0.15, 0.2) is 48.6 Å². The van der Waals surface area contributed by atoms with Crippen LogP contribution in [0.25, 0.3) is 0 Å². The number of ether oxygens (including phenoxy) is 3. The molecular formula is C62H113NO10. The van der Waals surface area contributed by atoms with Gasteiger partial charge in [0.05, 0.1) is 25.4 Å². The zero-order valence-electron chi connectivity index (χ0n) is 47.0. The molecule has 1 aliphatic rings. The maximum absolute atomic E-state index is 13.4. The van der Waals surface area contributed by atoms with Gasteiger partial charge in [0.15, 0.2) is 12.4 Å². The number of rotatable bonds is 51. The first kappa shape index (κ1) is 68.6. The van der Waals surface area contributed by atoms with Crippen molar-refractivity contribution in [2.75, 3.05) is 13.2 Å². The fourth-order valence-electron chi connectivity index (χ4n) is 9.43. The average molecular weight is 1030 g/mol. The molecule has 1 heterocycles. The van der Waals surface area contributed by atoms with Crippen molar-refractivity contribution in [3.8, 4) is 0 Å². The van der Waals surface area contributed by atoms with E-state index in [2.05, 4.69) is 62.5 Å². The fourth-order valence-corrected chi connectivity index (χ4v) is 9.43. The van der Waals surface area contributed by atoms with Gasteiger partial charge in [0.1, 0.15) is 24.4 Å². The number of amides is 1. The van der Waals surface area contributed by atoms with Crippen molar-refractivity contribution in [3.63, 3.8) is 0 Å². The topological polar surface area (TPSA) is 175 Å². The number of nitrogens with one attached hydrogen (secondary N) is 1. The van der Waals surface area contributed by atoms with Crippen LogP contribution >= 0.6 is 0 Å². The molecule has 0 aromatic rings. The SMILES string of the molecule is CC/C=C/C/C=C/C/C=C/CCCCCC(O)C(=O)NC(COC1OC(CO)C(O)C(O)C1OC(=O)CCCCCCCCCCCCCCCCCCCCC)C(O)/C=C/CCCCCCCCCCCC. The van der Waals surface area contributed by atoms with E-state index < -0.39 is 67.4 Å². The first-order valence-electron chi connectivity index (χ1n) is 30.4. The monoisotopic (exact) mass is 1030 g/mol. The molecule has 8 atom stereocenters. The summed E-state index contributed by atoms with van der Waals surface area (Å²) in [6, 6.07) is -1.03. The number of allylic oxidation sites excluding steroid dienone is 7. The van der Waals surface area contributed by atoms with Crippen LogP contribution in [-0.4, -0.2) is 99.6 Å². The molecule has 1 aliphatic heterocycles. The molecule has 1 fully saturated rings. The minimum atomic E-state index is -1.61. The number of unbranched alkanes of at least 4 members (excludes halogenated alkanes) is 31. The number of carbonyl (C=O) groups excluding carboxylic acids is 2. The maximum atomic E-state index is 13.4. The summed E-state index contributed by atoms with van der Waals surface area (Å²) < 4.78 is 17.6. The van der Waals surface area contributed by atoms with E-state index in [4.69, 9.17) is 14.2 Å². The van der Waals surface area contributed by atoms with Gasteiger partial charge in [-0.15, -0.1) is 0 Å². The van der Waals surface area contributed by atoms with Crippen LogP contribution in [0.3, 0.4) is 0 Å². The summed E-state index contributed by atoms with van der Waals surface area (Å²) in [5.74, 6) is -1.21. The van der Waals surface area contributed by atoms with E-state index in [1.165, 1.54) is 148 Å². The molecule has 0 spiro atoms. The van der Waals surface area contributed by atoms with Crippen LogP contribution < -0.4 is 5.32 Å². The van der Waals surface area contributed by atoms with E-state index in [0.717, 1.165) is 77.0 Å². The molecule has 11 heteroatoms. The summed E-state index contributed by atoms with van der Waals surface area (Å²) in [6.45, 7) is 5.67. The number of hydrogen-bond donors (Lipinski definition) is 6. The molecule has 0 radical (unpaired) electrons. The predicted molar refractivity (Wildman–Crippen MR) is 301 cm³/mol. The Bertz CT molecular complexity index is 1370. The number of aliphatic hydroxyl groups is 5. The van der Waals surface area contributed by atoms with Gasteiger partial charge in [-0.1, -0.05) is 256 Å². The lowest BCUT2D eigenvalue weighted by Crippen LogP contribution is -2.61. The molecule has 0 saturated carbocycles. The quantitative estimate of drug-likeness (QED) is 0.0195. The minimum Gasteiger partial charge on any atom is -0.454 e. The van der Waals surface area contributed by atoms with Crippen LogP contribution in [0.4, 0.5) is 0 Å². The van der Waals surface area contributed by atoms with E-state index in [1.54, 1.807) is 6.08 Å². The molecule has 0 aromatic carbocycles. The molecule has 11 nitrogen and oxygen atoms in total. The van der Waals surface area contributed by atoms with Crippen molar-refractivity contribution in [1.29, 1.82) is 0 Å². The average Bonchev–Trinajstić information content (AvgIpc) is 3.39. The molecule has 0 bridgehead atoms. The van der Waals surface area contributed by atoms with Gasteiger partial charge in [-0.05, 0) is 57.8 Å². The highest BCUT2D eigenvalue weighted by Gasteiger charge is 2.47. The van der Waals surface area contributed by atoms with Gasteiger partial charge >= 0.3 is 5.97 Å². The number of aliphatic hydroxyl groups excluding tert-OH is 5. The van der Waals surface area contributed by atoms with Crippen LogP contribution in [0.5, 0.6) is 0 Å². The summed E-state index contributed by atoms with van der Waals surface area (Å²) in [5.41, 5.74) is 0. The molecule has 73 heavy (non-hydrogen) atoms. The molecular weight excluding hydrogens is 919 g/mol. The third-order valence-electron chi connectivity index (χ3n) is 14.2. The summed E-state index contributed by atoms with van der Waals surface area (Å²) in [4.78, 5) is 26.5. The Morgan fingerprint density at radius 1 is 0.548 bits per heavy atom. The predicted octanol–water partition coefficient (Wildman–Crippen LogP) is 14.1. The Hall–Kier alpha value is -2.38. The Labute approximate surface area is 446 Å². The van der Waals surface area contributed by atoms with Crippen molar-refractivity contribution < 1.29 is 49.3 Å². The second-order valence-corrected chi connectivity index (χ2v) is 21.1. The van der Waals surface area contributed by atoms with E-state index in [1.807, 2.05) is 6.08 Å². The molecule has 0 aromatic heterocycles. The van der Waals surface area contributed by atoms with E-state index in [0.29, 0.717) is 12.8 Å². The first-order chi connectivity index (χ1) is 35.7. The van der Waals surface area contributed by atoms with Crippen LogP contribution in [0.1, 0.15) is 271 Å². The normalized spacial score (nSPS) is 19.7. The van der Waals surface area contributed by atoms with E-state index in [9.17, 15) is 35.1 Å². The highest BCUT2D eigenvalue weighted by molar-refractivity contribution is 5.80. The van der Waals surface area contributed by atoms with Crippen LogP contribution in [-0.2, 0) is 23.8 Å². The Morgan fingerprint density at radius 3 is 1.48 bits per heavy atom. The lowest BCUT2D eigenvalue weighted by molar-refractivity contribution is -0.305. The Kier molecular flexibility index (Phi) is 47.4. The van der Waals surface area contributed by atoms with E-state index >= 15 is 0 Å². The van der Waals surface area contributed by atoms with Crippen molar-refractivity contribution >= 4 is 11.9 Å². The highest BCUT2D eigenvalue weighted by atomic mass is 16.7. The molecule has 426 valence electrons. The molecule has 1 rings (SSSR count). The van der Waals surface area contributed by atoms with Crippen molar-refractivity contribution in [2.24, 2.45) is 0 Å². The minimum absolute atomic E-state index is 0.124. The summed E-state index contributed by atoms with van der Waals surface area (Å²) in [6.07, 6.45) is 50.1. The highest BCUT2D eigenvalue weighted by Crippen LogP contribution is 2.26. The van der Waals surface area contributed by atoms with Crippen LogP contribution in [0.2, 0.25) is 0 Å². The smallest absolute Gasteiger partial charge is 0.306 e. The summed E-state index contributed by atoms with van der Waals surface area (Å²) in [7, 11) is 0. The first-order valence-corrected chi connectivity index (χ1v) is 30.4. The lowest BCUT2D eigenvalue weighted by atomic mass is 9.99. The molecule has 8 unspecified atom stereocenters. The summed E-state index contributed by atoms with van der Waals surface area (Å²) in [5, 5.41) is 56.8. The van der Waals surface area contributed by atoms with Gasteiger partial charge < -0.3 is 45.1 Å². The van der Waals surface area contributed by atoms with Gasteiger partial charge in [0, 0.05) is 6.42 Å². The van der Waals surface area contributed by atoms with Crippen molar-refractivity contribution in [2.45, 2.75) is 320 Å². The second kappa shape index (κ2) is 50.4. The van der Waals surface area contributed by atoms with Gasteiger partial charge in [0.25, 0.3) is 0 Å².